The molecule has 0 saturated carbocycles. The number of hydrogen-bond acceptors (Lipinski definition) is 8. The Morgan fingerprint density at radius 1 is 1.22 bits per heavy atom. The average molecular weight is 372 g/mol. The first kappa shape index (κ1) is 18.3. The number of rotatable bonds is 4. The molecule has 1 aromatic heterocycles. The van der Waals surface area contributed by atoms with Gasteiger partial charge in [-0.2, -0.15) is 4.98 Å². The standard InChI is InChI=1S/C18H20N4O5/c1-8-12(17(23)27-4)13(10-7-9(25-2)5-6-11(10)26-3)14-15(19)21-18(24)22-16(14)20-8/h5-7,13H,1-4H3,(H4,19,20,21,22,24). The first-order valence-corrected chi connectivity index (χ1v) is 8.09. The lowest BCUT2D eigenvalue weighted by Gasteiger charge is -2.30. The Hall–Kier alpha value is -3.49. The van der Waals surface area contributed by atoms with Crippen LogP contribution in [0, 0.1) is 0 Å². The summed E-state index contributed by atoms with van der Waals surface area (Å²) in [7, 11) is 4.36. The number of nitrogen functional groups attached to an aromatic ring is 1. The van der Waals surface area contributed by atoms with Crippen LogP contribution in [0.5, 0.6) is 11.5 Å². The summed E-state index contributed by atoms with van der Waals surface area (Å²) in [6.07, 6.45) is 0. The van der Waals surface area contributed by atoms with Crippen LogP contribution in [-0.4, -0.2) is 37.3 Å². The summed E-state index contributed by atoms with van der Waals surface area (Å²) in [4.78, 5) is 30.8. The maximum absolute atomic E-state index is 12.6. The molecule has 1 aliphatic rings. The van der Waals surface area contributed by atoms with Crippen molar-refractivity contribution < 1.29 is 19.0 Å². The maximum Gasteiger partial charge on any atom is 0.348 e. The summed E-state index contributed by atoms with van der Waals surface area (Å²) in [5.41, 5.74) is 7.41. The number of esters is 1. The van der Waals surface area contributed by atoms with Crippen molar-refractivity contribution in [3.8, 4) is 11.5 Å². The Kier molecular flexibility index (Phi) is 4.76. The quantitative estimate of drug-likeness (QED) is 0.687. The van der Waals surface area contributed by atoms with Gasteiger partial charge in [-0.25, -0.2) is 9.59 Å². The molecule has 1 aromatic carbocycles. The predicted octanol–water partition coefficient (Wildman–Crippen LogP) is 1.37. The van der Waals surface area contributed by atoms with Gasteiger partial charge in [-0.1, -0.05) is 0 Å². The number of carbonyl (C=O) groups excluding carboxylic acids is 1. The number of allylic oxidation sites excluding steroid dienone is 1. The van der Waals surface area contributed by atoms with Crippen LogP contribution in [0.15, 0.2) is 34.3 Å². The van der Waals surface area contributed by atoms with Crippen molar-refractivity contribution in [3.05, 3.63) is 51.1 Å². The Labute approximate surface area is 155 Å². The molecule has 0 fully saturated rings. The second-order valence-electron chi connectivity index (χ2n) is 5.91. The minimum atomic E-state index is -0.678. The van der Waals surface area contributed by atoms with E-state index in [0.29, 0.717) is 33.9 Å². The van der Waals surface area contributed by atoms with Crippen molar-refractivity contribution in [2.75, 3.05) is 32.4 Å². The molecule has 0 radical (unpaired) electrons. The molecule has 3 rings (SSSR count). The molecule has 9 heteroatoms. The fourth-order valence-electron chi connectivity index (χ4n) is 3.25. The summed E-state index contributed by atoms with van der Waals surface area (Å²) in [5.74, 6) is 0.254. The second kappa shape index (κ2) is 7.02. The zero-order valence-corrected chi connectivity index (χ0v) is 15.4. The number of nitrogens with one attached hydrogen (secondary N) is 2. The number of hydrogen-bond donors (Lipinski definition) is 3. The lowest BCUT2D eigenvalue weighted by Crippen LogP contribution is -2.29. The Balaban J connectivity index is 2.37. The zero-order chi connectivity index (χ0) is 19.7. The van der Waals surface area contributed by atoms with Crippen LogP contribution in [0.3, 0.4) is 0 Å². The van der Waals surface area contributed by atoms with E-state index in [1.807, 2.05) is 0 Å². The molecule has 9 nitrogen and oxygen atoms in total. The first-order chi connectivity index (χ1) is 12.9. The van der Waals surface area contributed by atoms with Crippen LogP contribution in [0.25, 0.3) is 0 Å². The number of fused-ring (bicyclic) bond motifs is 1. The van der Waals surface area contributed by atoms with E-state index < -0.39 is 17.6 Å². The molecule has 0 aliphatic carbocycles. The number of anilines is 2. The van der Waals surface area contributed by atoms with E-state index in [0.717, 1.165) is 0 Å². The van der Waals surface area contributed by atoms with Gasteiger partial charge in [0.15, 0.2) is 0 Å². The normalized spacial score (nSPS) is 15.6. The fraction of sp³-hybridized carbons (Fsp3) is 0.278. The van der Waals surface area contributed by atoms with Crippen LogP contribution in [0.2, 0.25) is 0 Å². The molecular formula is C18H20N4O5. The molecule has 2 heterocycles. The lowest BCUT2D eigenvalue weighted by atomic mass is 9.81. The summed E-state index contributed by atoms with van der Waals surface area (Å²) in [5, 5.41) is 2.97. The third-order valence-electron chi connectivity index (χ3n) is 4.44. The number of methoxy groups -OCH3 is 3. The molecule has 1 unspecified atom stereocenters. The number of ether oxygens (including phenoxy) is 3. The third-order valence-corrected chi connectivity index (χ3v) is 4.44. The van der Waals surface area contributed by atoms with E-state index in [2.05, 4.69) is 15.3 Å². The van der Waals surface area contributed by atoms with E-state index in [-0.39, 0.29) is 11.6 Å². The molecule has 0 bridgehead atoms. The Morgan fingerprint density at radius 2 is 1.96 bits per heavy atom. The SMILES string of the molecule is COC(=O)C1=C(C)Nc2nc(=O)[nH]c(N)c2C1c1cc(OC)ccc1OC. The minimum Gasteiger partial charge on any atom is -0.497 e. The molecule has 1 aliphatic heterocycles. The summed E-state index contributed by atoms with van der Waals surface area (Å²) in [6.45, 7) is 1.70. The number of nitrogens with zero attached hydrogens (tertiary/aromatic N) is 1. The molecule has 4 N–H and O–H groups in total. The van der Waals surface area contributed by atoms with Gasteiger partial charge >= 0.3 is 11.7 Å². The monoisotopic (exact) mass is 372 g/mol. The highest BCUT2D eigenvalue weighted by atomic mass is 16.5. The molecule has 0 amide bonds. The van der Waals surface area contributed by atoms with Gasteiger partial charge in [-0.3, -0.25) is 4.98 Å². The first-order valence-electron chi connectivity index (χ1n) is 8.09. The molecule has 2 aromatic rings. The van der Waals surface area contributed by atoms with Gasteiger partial charge in [0.05, 0.1) is 32.8 Å². The number of benzene rings is 1. The van der Waals surface area contributed by atoms with Crippen molar-refractivity contribution in [3.63, 3.8) is 0 Å². The lowest BCUT2D eigenvalue weighted by molar-refractivity contribution is -0.136. The third kappa shape index (κ3) is 3.07. The molecule has 27 heavy (non-hydrogen) atoms. The fourth-order valence-corrected chi connectivity index (χ4v) is 3.25. The van der Waals surface area contributed by atoms with Crippen molar-refractivity contribution in [1.29, 1.82) is 0 Å². The molecule has 142 valence electrons. The highest BCUT2D eigenvalue weighted by Crippen LogP contribution is 2.46. The molecule has 0 spiro atoms. The highest BCUT2D eigenvalue weighted by Gasteiger charge is 2.37. The van der Waals surface area contributed by atoms with Crippen LogP contribution in [0.4, 0.5) is 11.6 Å². The van der Waals surface area contributed by atoms with Crippen molar-refractivity contribution in [1.82, 2.24) is 9.97 Å². The van der Waals surface area contributed by atoms with Gasteiger partial charge in [0, 0.05) is 16.8 Å². The number of carbonyl (C=O) groups is 1. The predicted molar refractivity (Wildman–Crippen MR) is 99.0 cm³/mol. The Morgan fingerprint density at radius 3 is 2.59 bits per heavy atom. The van der Waals surface area contributed by atoms with Crippen molar-refractivity contribution in [2.45, 2.75) is 12.8 Å². The van der Waals surface area contributed by atoms with Gasteiger partial charge < -0.3 is 25.3 Å². The summed E-state index contributed by atoms with van der Waals surface area (Å²) < 4.78 is 15.8. The van der Waals surface area contributed by atoms with Crippen molar-refractivity contribution in [2.24, 2.45) is 0 Å². The number of aromatic nitrogens is 2. The molecular weight excluding hydrogens is 352 g/mol. The van der Waals surface area contributed by atoms with Gasteiger partial charge in [-0.15, -0.1) is 0 Å². The van der Waals surface area contributed by atoms with Crippen LogP contribution < -0.4 is 26.2 Å². The second-order valence-corrected chi connectivity index (χ2v) is 5.91. The summed E-state index contributed by atoms with van der Waals surface area (Å²) in [6, 6.07) is 5.22. The number of H-pyrrole nitrogens is 1. The topological polar surface area (TPSA) is 129 Å². The minimum absolute atomic E-state index is 0.0984. The number of nitrogens with two attached hydrogens (primary N) is 1. The van der Waals surface area contributed by atoms with E-state index in [1.165, 1.54) is 21.3 Å². The van der Waals surface area contributed by atoms with Crippen LogP contribution in [-0.2, 0) is 9.53 Å². The number of aromatic amines is 1. The molecule has 0 saturated heterocycles. The van der Waals surface area contributed by atoms with Gasteiger partial charge in [0.25, 0.3) is 0 Å². The van der Waals surface area contributed by atoms with E-state index in [4.69, 9.17) is 19.9 Å². The van der Waals surface area contributed by atoms with E-state index >= 15 is 0 Å². The van der Waals surface area contributed by atoms with Gasteiger partial charge in [0.1, 0.15) is 23.1 Å². The average Bonchev–Trinajstić information content (AvgIpc) is 2.65. The molecule has 1 atom stereocenters. The summed E-state index contributed by atoms with van der Waals surface area (Å²) >= 11 is 0. The van der Waals surface area contributed by atoms with Crippen molar-refractivity contribution >= 4 is 17.6 Å². The van der Waals surface area contributed by atoms with E-state index in [1.54, 1.807) is 25.1 Å². The Bertz CT molecular complexity index is 996. The van der Waals surface area contributed by atoms with Gasteiger partial charge in [0.2, 0.25) is 0 Å². The maximum atomic E-state index is 12.6. The van der Waals surface area contributed by atoms with Crippen LogP contribution in [0.1, 0.15) is 24.0 Å². The smallest absolute Gasteiger partial charge is 0.348 e. The van der Waals surface area contributed by atoms with Gasteiger partial charge in [-0.05, 0) is 25.1 Å². The van der Waals surface area contributed by atoms with E-state index in [9.17, 15) is 9.59 Å². The zero-order valence-electron chi connectivity index (χ0n) is 15.4. The van der Waals surface area contributed by atoms with Crippen LogP contribution >= 0.6 is 0 Å². The largest absolute Gasteiger partial charge is 0.497 e. The highest BCUT2D eigenvalue weighted by molar-refractivity contribution is 5.95.